The van der Waals surface area contributed by atoms with Gasteiger partial charge in [0.05, 0.1) is 11.3 Å². The number of primary amides is 1. The monoisotopic (exact) mass is 351 g/mol. The zero-order valence-electron chi connectivity index (χ0n) is 11.6. The van der Waals surface area contributed by atoms with Crippen LogP contribution in [0.3, 0.4) is 0 Å². The van der Waals surface area contributed by atoms with Crippen LogP contribution in [0.15, 0.2) is 28.7 Å². The largest absolute Gasteiger partial charge is 0.398 e. The lowest BCUT2D eigenvalue weighted by molar-refractivity contribution is 0.100. The number of aryl methyl sites for hydroxylation is 2. The van der Waals surface area contributed by atoms with Crippen molar-refractivity contribution in [1.29, 1.82) is 0 Å². The maximum Gasteiger partial charge on any atom is 0.250 e. The molecule has 2 rings (SSSR count). The van der Waals surface area contributed by atoms with Crippen molar-refractivity contribution < 1.29 is 9.18 Å². The molecule has 21 heavy (non-hydrogen) atoms. The summed E-state index contributed by atoms with van der Waals surface area (Å²) in [6.45, 7) is 3.88. The first-order chi connectivity index (χ1) is 9.79. The van der Waals surface area contributed by atoms with Gasteiger partial charge in [-0.15, -0.1) is 0 Å². The van der Waals surface area contributed by atoms with E-state index < -0.39 is 11.7 Å². The molecule has 0 aliphatic heterocycles. The molecule has 0 heterocycles. The van der Waals surface area contributed by atoms with Crippen LogP contribution in [0.1, 0.15) is 21.5 Å². The summed E-state index contributed by atoms with van der Waals surface area (Å²) in [6.07, 6.45) is 0. The van der Waals surface area contributed by atoms with Crippen molar-refractivity contribution in [2.75, 3.05) is 11.1 Å². The number of nitrogens with one attached hydrogen (secondary N) is 1. The highest BCUT2D eigenvalue weighted by Crippen LogP contribution is 2.29. The predicted molar refractivity (Wildman–Crippen MR) is 86.2 cm³/mol. The van der Waals surface area contributed by atoms with Crippen molar-refractivity contribution in [3.8, 4) is 0 Å². The highest BCUT2D eigenvalue weighted by Gasteiger charge is 2.12. The predicted octanol–water partition coefficient (Wildman–Crippen LogP) is 3.63. The molecule has 0 saturated heterocycles. The summed E-state index contributed by atoms with van der Waals surface area (Å²) >= 11 is 3.47. The minimum atomic E-state index is -0.696. The lowest BCUT2D eigenvalue weighted by Crippen LogP contribution is -2.14. The van der Waals surface area contributed by atoms with Crippen LogP contribution in [0.25, 0.3) is 0 Å². The molecule has 0 bridgehead atoms. The standard InChI is InChI=1S/C15H15BrFN3O/c1-7-3-9(4-8(2)14(7)16)20-13-5-10(15(19)21)12(18)6-11(13)17/h3-6,20H,18H2,1-2H3,(H2,19,21). The summed E-state index contributed by atoms with van der Waals surface area (Å²) in [5.41, 5.74) is 13.8. The number of rotatable bonds is 3. The van der Waals surface area contributed by atoms with E-state index in [4.69, 9.17) is 11.5 Å². The molecule has 0 radical (unpaired) electrons. The van der Waals surface area contributed by atoms with Crippen molar-refractivity contribution >= 4 is 38.9 Å². The van der Waals surface area contributed by atoms with Crippen molar-refractivity contribution in [2.24, 2.45) is 5.73 Å². The first-order valence-corrected chi connectivity index (χ1v) is 7.01. The molecule has 4 nitrogen and oxygen atoms in total. The summed E-state index contributed by atoms with van der Waals surface area (Å²) in [7, 11) is 0. The van der Waals surface area contributed by atoms with Gasteiger partial charge in [-0.05, 0) is 49.2 Å². The van der Waals surface area contributed by atoms with E-state index in [1.54, 1.807) is 0 Å². The van der Waals surface area contributed by atoms with Gasteiger partial charge in [0.15, 0.2) is 0 Å². The van der Waals surface area contributed by atoms with Crippen LogP contribution in [0.2, 0.25) is 0 Å². The smallest absolute Gasteiger partial charge is 0.250 e. The number of hydrogen-bond donors (Lipinski definition) is 3. The van der Waals surface area contributed by atoms with Crippen molar-refractivity contribution in [3.05, 3.63) is 51.2 Å². The molecule has 2 aromatic carbocycles. The molecule has 110 valence electrons. The molecular weight excluding hydrogens is 337 g/mol. The highest BCUT2D eigenvalue weighted by molar-refractivity contribution is 9.10. The number of amides is 1. The summed E-state index contributed by atoms with van der Waals surface area (Å²) in [5, 5.41) is 2.94. The third-order valence-electron chi connectivity index (χ3n) is 3.12. The van der Waals surface area contributed by atoms with Gasteiger partial charge in [-0.2, -0.15) is 0 Å². The van der Waals surface area contributed by atoms with Gasteiger partial charge in [0.2, 0.25) is 0 Å². The van der Waals surface area contributed by atoms with E-state index in [-0.39, 0.29) is 16.9 Å². The molecule has 0 unspecified atom stereocenters. The Balaban J connectivity index is 2.44. The fourth-order valence-electron chi connectivity index (χ4n) is 2.07. The van der Waals surface area contributed by atoms with E-state index in [2.05, 4.69) is 21.2 Å². The topological polar surface area (TPSA) is 81.1 Å². The Morgan fingerprint density at radius 2 is 1.76 bits per heavy atom. The second-order valence-corrected chi connectivity index (χ2v) is 5.63. The molecule has 0 saturated carbocycles. The number of carbonyl (C=O) groups is 1. The molecule has 0 aliphatic carbocycles. The van der Waals surface area contributed by atoms with Crippen molar-refractivity contribution in [2.45, 2.75) is 13.8 Å². The Hall–Kier alpha value is -2.08. The average Bonchev–Trinajstić information content (AvgIpc) is 2.38. The number of benzene rings is 2. The van der Waals surface area contributed by atoms with Gasteiger partial charge in [-0.3, -0.25) is 4.79 Å². The van der Waals surface area contributed by atoms with Crippen LogP contribution >= 0.6 is 15.9 Å². The second-order valence-electron chi connectivity index (χ2n) is 4.83. The average molecular weight is 352 g/mol. The van der Waals surface area contributed by atoms with Crippen molar-refractivity contribution in [1.82, 2.24) is 0 Å². The second kappa shape index (κ2) is 5.73. The lowest BCUT2D eigenvalue weighted by Gasteiger charge is -2.13. The molecule has 0 spiro atoms. The zero-order chi connectivity index (χ0) is 15.7. The lowest BCUT2D eigenvalue weighted by atomic mass is 10.1. The number of nitrogen functional groups attached to an aromatic ring is 1. The number of halogens is 2. The van der Waals surface area contributed by atoms with E-state index in [1.165, 1.54) is 6.07 Å². The number of nitrogens with two attached hydrogens (primary N) is 2. The van der Waals surface area contributed by atoms with Crippen LogP contribution in [0.5, 0.6) is 0 Å². The molecule has 2 aromatic rings. The molecule has 1 amide bonds. The van der Waals surface area contributed by atoms with Crippen LogP contribution in [-0.4, -0.2) is 5.91 Å². The van der Waals surface area contributed by atoms with Crippen LogP contribution in [0.4, 0.5) is 21.5 Å². The Bertz CT molecular complexity index is 708. The molecule has 6 heteroatoms. The molecular formula is C15H15BrFN3O. The Morgan fingerprint density at radius 3 is 2.29 bits per heavy atom. The first-order valence-electron chi connectivity index (χ1n) is 6.22. The maximum atomic E-state index is 14.0. The normalized spacial score (nSPS) is 10.5. The van der Waals surface area contributed by atoms with Gasteiger partial charge in [-0.25, -0.2) is 4.39 Å². The van der Waals surface area contributed by atoms with Gasteiger partial charge in [0.25, 0.3) is 5.91 Å². The van der Waals surface area contributed by atoms with Crippen LogP contribution < -0.4 is 16.8 Å². The summed E-state index contributed by atoms with van der Waals surface area (Å²) in [4.78, 5) is 11.3. The van der Waals surface area contributed by atoms with Crippen LogP contribution in [0, 0.1) is 19.7 Å². The minimum Gasteiger partial charge on any atom is -0.398 e. The van der Waals surface area contributed by atoms with E-state index in [0.29, 0.717) is 5.69 Å². The number of hydrogen-bond acceptors (Lipinski definition) is 3. The zero-order valence-corrected chi connectivity index (χ0v) is 13.2. The van der Waals surface area contributed by atoms with E-state index >= 15 is 0 Å². The third-order valence-corrected chi connectivity index (χ3v) is 4.37. The third kappa shape index (κ3) is 3.16. The SMILES string of the molecule is Cc1cc(Nc2cc(C(N)=O)c(N)cc2F)cc(C)c1Br. The van der Waals surface area contributed by atoms with Gasteiger partial charge in [-0.1, -0.05) is 15.9 Å². The fourth-order valence-corrected chi connectivity index (χ4v) is 2.30. The summed E-state index contributed by atoms with van der Waals surface area (Å²) < 4.78 is 15.0. The summed E-state index contributed by atoms with van der Waals surface area (Å²) in [6, 6.07) is 6.15. The quantitative estimate of drug-likeness (QED) is 0.738. The highest BCUT2D eigenvalue weighted by atomic mass is 79.9. The molecule has 0 atom stereocenters. The Labute approximate surface area is 130 Å². The number of anilines is 3. The Morgan fingerprint density at radius 1 is 1.19 bits per heavy atom. The summed E-state index contributed by atoms with van der Waals surface area (Å²) in [5.74, 6) is -1.24. The minimum absolute atomic E-state index is 0.0220. The first kappa shape index (κ1) is 15.3. The van der Waals surface area contributed by atoms with E-state index in [9.17, 15) is 9.18 Å². The van der Waals surface area contributed by atoms with Gasteiger partial charge in [0.1, 0.15) is 5.82 Å². The molecule has 0 aromatic heterocycles. The van der Waals surface area contributed by atoms with Gasteiger partial charge in [0, 0.05) is 15.8 Å². The molecule has 0 fully saturated rings. The molecule has 5 N–H and O–H groups in total. The van der Waals surface area contributed by atoms with Crippen LogP contribution in [-0.2, 0) is 0 Å². The van der Waals surface area contributed by atoms with Gasteiger partial charge >= 0.3 is 0 Å². The maximum absolute atomic E-state index is 14.0. The van der Waals surface area contributed by atoms with E-state index in [1.807, 2.05) is 26.0 Å². The fraction of sp³-hybridized carbons (Fsp3) is 0.133. The molecule has 0 aliphatic rings. The van der Waals surface area contributed by atoms with Crippen molar-refractivity contribution in [3.63, 3.8) is 0 Å². The van der Waals surface area contributed by atoms with E-state index in [0.717, 1.165) is 21.7 Å². The number of carbonyl (C=O) groups excluding carboxylic acids is 1. The van der Waals surface area contributed by atoms with Gasteiger partial charge < -0.3 is 16.8 Å². The Kier molecular flexibility index (Phi) is 4.18.